The van der Waals surface area contributed by atoms with Crippen LogP contribution in [0.15, 0.2) is 35.3 Å². The SMILES string of the molecule is O=C(Nc1cc[nH]c(=O)c1)c1cc(F)c(Cl)cc1F. The van der Waals surface area contributed by atoms with Gasteiger partial charge in [0.05, 0.1) is 10.6 Å². The minimum Gasteiger partial charge on any atom is -0.329 e. The molecule has 0 aliphatic carbocycles. The lowest BCUT2D eigenvalue weighted by atomic mass is 10.2. The predicted octanol–water partition coefficient (Wildman–Crippen LogP) is 2.56. The number of H-pyrrole nitrogens is 1. The van der Waals surface area contributed by atoms with Gasteiger partial charge in [-0.2, -0.15) is 0 Å². The Morgan fingerprint density at radius 3 is 2.63 bits per heavy atom. The fraction of sp³-hybridized carbons (Fsp3) is 0. The van der Waals surface area contributed by atoms with Crippen LogP contribution < -0.4 is 10.9 Å². The molecule has 0 saturated heterocycles. The predicted molar refractivity (Wildman–Crippen MR) is 66.4 cm³/mol. The van der Waals surface area contributed by atoms with Crippen LogP contribution in [0.1, 0.15) is 10.4 Å². The monoisotopic (exact) mass is 284 g/mol. The van der Waals surface area contributed by atoms with Crippen LogP contribution >= 0.6 is 11.6 Å². The van der Waals surface area contributed by atoms with Crippen molar-refractivity contribution in [3.63, 3.8) is 0 Å². The van der Waals surface area contributed by atoms with Crippen molar-refractivity contribution in [3.8, 4) is 0 Å². The number of halogens is 3. The number of anilines is 1. The molecule has 0 bridgehead atoms. The van der Waals surface area contributed by atoms with E-state index in [0.29, 0.717) is 12.1 Å². The molecular formula is C12H7ClF2N2O2. The summed E-state index contributed by atoms with van der Waals surface area (Å²) in [6.07, 6.45) is 1.32. The normalized spacial score (nSPS) is 10.3. The second-order valence-corrected chi connectivity index (χ2v) is 4.05. The van der Waals surface area contributed by atoms with E-state index in [0.717, 1.165) is 6.07 Å². The van der Waals surface area contributed by atoms with E-state index >= 15 is 0 Å². The van der Waals surface area contributed by atoms with Gasteiger partial charge in [-0.1, -0.05) is 11.6 Å². The average molecular weight is 285 g/mol. The van der Waals surface area contributed by atoms with Crippen LogP contribution in [0.2, 0.25) is 5.02 Å². The van der Waals surface area contributed by atoms with Crippen LogP contribution in [-0.4, -0.2) is 10.9 Å². The van der Waals surface area contributed by atoms with Crippen molar-refractivity contribution in [3.05, 3.63) is 63.0 Å². The van der Waals surface area contributed by atoms with Crippen LogP contribution in [0, 0.1) is 11.6 Å². The van der Waals surface area contributed by atoms with Crippen molar-refractivity contribution in [2.75, 3.05) is 5.32 Å². The Hall–Kier alpha value is -2.21. The van der Waals surface area contributed by atoms with E-state index in [2.05, 4.69) is 10.3 Å². The Morgan fingerprint density at radius 1 is 1.21 bits per heavy atom. The molecule has 7 heteroatoms. The molecule has 98 valence electrons. The van der Waals surface area contributed by atoms with Crippen molar-refractivity contribution in [2.45, 2.75) is 0 Å². The highest BCUT2D eigenvalue weighted by Gasteiger charge is 2.15. The van der Waals surface area contributed by atoms with E-state index in [1.807, 2.05) is 0 Å². The molecule has 4 nitrogen and oxygen atoms in total. The zero-order valence-corrected chi connectivity index (χ0v) is 10.1. The molecule has 1 heterocycles. The van der Waals surface area contributed by atoms with Gasteiger partial charge >= 0.3 is 0 Å². The molecule has 2 N–H and O–H groups in total. The first kappa shape index (κ1) is 13.2. The molecule has 1 amide bonds. The number of nitrogens with one attached hydrogen (secondary N) is 2. The molecule has 0 saturated carbocycles. The second-order valence-electron chi connectivity index (χ2n) is 3.64. The minimum atomic E-state index is -0.950. The first-order chi connectivity index (χ1) is 8.97. The minimum absolute atomic E-state index is 0.170. The Balaban J connectivity index is 2.30. The standard InChI is InChI=1S/C12H7ClF2N2O2/c13-8-5-9(14)7(4-10(8)15)12(19)17-6-1-2-16-11(18)3-6/h1-5H,(H2,16,17,18,19). The molecule has 0 atom stereocenters. The van der Waals surface area contributed by atoms with Crippen LogP contribution in [0.25, 0.3) is 0 Å². The third kappa shape index (κ3) is 2.97. The number of hydrogen-bond donors (Lipinski definition) is 2. The second kappa shape index (κ2) is 5.19. The number of aromatic amines is 1. The lowest BCUT2D eigenvalue weighted by Gasteiger charge is -2.06. The Bertz CT molecular complexity index is 700. The molecule has 1 aromatic carbocycles. The summed E-state index contributed by atoms with van der Waals surface area (Å²) in [5.74, 6) is -2.73. The zero-order chi connectivity index (χ0) is 14.0. The fourth-order valence-corrected chi connectivity index (χ4v) is 1.57. The van der Waals surface area contributed by atoms with E-state index in [1.165, 1.54) is 12.3 Å². The Labute approximate surface area is 111 Å². The maximum Gasteiger partial charge on any atom is 0.258 e. The summed E-state index contributed by atoms with van der Waals surface area (Å²) in [4.78, 5) is 25.1. The first-order valence-electron chi connectivity index (χ1n) is 5.12. The molecule has 1 aromatic heterocycles. The van der Waals surface area contributed by atoms with Gasteiger partial charge in [0.1, 0.15) is 11.6 Å². The van der Waals surface area contributed by atoms with E-state index < -0.39 is 33.7 Å². The molecule has 0 spiro atoms. The maximum atomic E-state index is 13.5. The summed E-state index contributed by atoms with van der Waals surface area (Å²) >= 11 is 5.38. The van der Waals surface area contributed by atoms with Gasteiger partial charge < -0.3 is 10.3 Å². The number of carbonyl (C=O) groups excluding carboxylic acids is 1. The van der Waals surface area contributed by atoms with Crippen LogP contribution in [0.4, 0.5) is 14.5 Å². The van der Waals surface area contributed by atoms with Crippen LogP contribution in [-0.2, 0) is 0 Å². The quantitative estimate of drug-likeness (QED) is 0.833. The van der Waals surface area contributed by atoms with Gasteiger partial charge in [-0.25, -0.2) is 8.78 Å². The fourth-order valence-electron chi connectivity index (χ4n) is 1.42. The number of pyridine rings is 1. The van der Waals surface area contributed by atoms with E-state index in [1.54, 1.807) is 0 Å². The van der Waals surface area contributed by atoms with Gasteiger partial charge in [-0.3, -0.25) is 9.59 Å². The highest BCUT2D eigenvalue weighted by molar-refractivity contribution is 6.30. The number of rotatable bonds is 2. The van der Waals surface area contributed by atoms with Gasteiger partial charge in [-0.15, -0.1) is 0 Å². The largest absolute Gasteiger partial charge is 0.329 e. The first-order valence-corrected chi connectivity index (χ1v) is 5.50. The Kier molecular flexibility index (Phi) is 3.62. The van der Waals surface area contributed by atoms with Crippen molar-refractivity contribution in [2.24, 2.45) is 0 Å². The van der Waals surface area contributed by atoms with Gasteiger partial charge in [0, 0.05) is 18.0 Å². The summed E-state index contributed by atoms with van der Waals surface area (Å²) < 4.78 is 26.7. The number of carbonyl (C=O) groups is 1. The van der Waals surface area contributed by atoms with Crippen molar-refractivity contribution in [1.29, 1.82) is 0 Å². The average Bonchev–Trinajstić information content (AvgIpc) is 2.33. The highest BCUT2D eigenvalue weighted by atomic mass is 35.5. The van der Waals surface area contributed by atoms with Crippen LogP contribution in [0.3, 0.4) is 0 Å². The molecule has 0 radical (unpaired) electrons. The van der Waals surface area contributed by atoms with Gasteiger partial charge in [0.2, 0.25) is 5.56 Å². The summed E-state index contributed by atoms with van der Waals surface area (Å²) in [6, 6.07) is 3.93. The van der Waals surface area contributed by atoms with E-state index in [4.69, 9.17) is 11.6 Å². The number of amides is 1. The van der Waals surface area contributed by atoms with Crippen LogP contribution in [0.5, 0.6) is 0 Å². The van der Waals surface area contributed by atoms with Gasteiger partial charge in [0.25, 0.3) is 5.91 Å². The summed E-state index contributed by atoms with van der Waals surface area (Å²) in [5, 5.41) is 1.87. The topological polar surface area (TPSA) is 62.0 Å². The van der Waals surface area contributed by atoms with Gasteiger partial charge in [-0.05, 0) is 18.2 Å². The van der Waals surface area contributed by atoms with E-state index in [9.17, 15) is 18.4 Å². The molecule has 0 aliphatic heterocycles. The lowest BCUT2D eigenvalue weighted by Crippen LogP contribution is -2.16. The smallest absolute Gasteiger partial charge is 0.258 e. The van der Waals surface area contributed by atoms with E-state index in [-0.39, 0.29) is 5.69 Å². The number of hydrogen-bond acceptors (Lipinski definition) is 2. The zero-order valence-electron chi connectivity index (χ0n) is 9.34. The molecule has 0 fully saturated rings. The molecule has 2 aromatic rings. The molecule has 19 heavy (non-hydrogen) atoms. The maximum absolute atomic E-state index is 13.5. The van der Waals surface area contributed by atoms with Crippen molar-refractivity contribution >= 4 is 23.2 Å². The number of benzene rings is 1. The number of aromatic nitrogens is 1. The molecular weight excluding hydrogens is 278 g/mol. The third-order valence-corrected chi connectivity index (χ3v) is 2.58. The molecule has 0 unspecified atom stereocenters. The molecule has 0 aliphatic rings. The van der Waals surface area contributed by atoms with Gasteiger partial charge in [0.15, 0.2) is 0 Å². The Morgan fingerprint density at radius 2 is 1.95 bits per heavy atom. The third-order valence-electron chi connectivity index (χ3n) is 2.29. The summed E-state index contributed by atoms with van der Waals surface area (Å²) in [7, 11) is 0. The highest BCUT2D eigenvalue weighted by Crippen LogP contribution is 2.20. The molecule has 2 rings (SSSR count). The summed E-state index contributed by atoms with van der Waals surface area (Å²) in [5.41, 5.74) is -0.758. The van der Waals surface area contributed by atoms with Crippen molar-refractivity contribution < 1.29 is 13.6 Å². The van der Waals surface area contributed by atoms with Crippen molar-refractivity contribution in [1.82, 2.24) is 4.98 Å². The lowest BCUT2D eigenvalue weighted by molar-refractivity contribution is 0.102. The summed E-state index contributed by atoms with van der Waals surface area (Å²) in [6.45, 7) is 0.